The van der Waals surface area contributed by atoms with Crippen molar-refractivity contribution >= 4 is 23.6 Å². The van der Waals surface area contributed by atoms with Crippen LogP contribution < -0.4 is 48.2 Å². The molecule has 1 aliphatic carbocycles. The Morgan fingerprint density at radius 2 is 1.36 bits per heavy atom. The molecule has 4 atom stereocenters. The van der Waals surface area contributed by atoms with Crippen LogP contribution in [0.2, 0.25) is 0 Å². The van der Waals surface area contributed by atoms with Gasteiger partial charge in [0.2, 0.25) is 11.8 Å². The number of piperidine rings is 3. The van der Waals surface area contributed by atoms with E-state index in [1.165, 1.54) is 82.7 Å². The molecule has 4 amide bonds. The van der Waals surface area contributed by atoms with Crippen LogP contribution in [0.4, 0.5) is 0 Å². The number of aromatic nitrogens is 2. The van der Waals surface area contributed by atoms with E-state index in [-0.39, 0.29) is 47.2 Å². The van der Waals surface area contributed by atoms with Crippen molar-refractivity contribution in [1.82, 2.24) is 52.5 Å². The standard InChI is InChI=1S/C11H20N2O.C9H11NO2.C8H16N2.C7H9N3O2.C7H14N2O/c1-12-11(14)10-7-6-8-4-2-3-5-9(8)13-10;1-6-5-7(9(12)10-2)3-4-8(6)11;1-7(9-2)8-3-5-10-6-4-8;1-4-3-5(6(11)8-2)10-7(12)9-4;1-8-7(10)6-4-2-3-5-9-6/h8-10,13H,2-7H2,1H3,(H,12,14);3-5,11H,1-2H3,(H,10,12);8-10H,1,3-6H2,2H3;3H,1-2H3,(H,8,11)(H,9,10,12);6,9H,2-5H2,1H3,(H,8,10). The molecule has 0 bridgehead atoms. The molecule has 6 rings (SSSR count). The van der Waals surface area contributed by atoms with Gasteiger partial charge in [-0.05, 0) is 121 Å². The Bertz CT molecular complexity index is 1630. The number of aromatic hydroxyl groups is 1. The van der Waals surface area contributed by atoms with Crippen LogP contribution in [0.5, 0.6) is 5.75 Å². The van der Waals surface area contributed by atoms with Gasteiger partial charge in [0.1, 0.15) is 11.4 Å². The van der Waals surface area contributed by atoms with Crippen molar-refractivity contribution in [3.63, 3.8) is 0 Å². The number of fused-ring (bicyclic) bond motifs is 1. The molecule has 4 fully saturated rings. The highest BCUT2D eigenvalue weighted by atomic mass is 16.3. The van der Waals surface area contributed by atoms with Gasteiger partial charge in [-0.1, -0.05) is 25.8 Å². The molecule has 0 radical (unpaired) electrons. The van der Waals surface area contributed by atoms with Crippen LogP contribution in [0.25, 0.3) is 0 Å². The summed E-state index contributed by atoms with van der Waals surface area (Å²) in [6, 6.07) is 7.01. The smallest absolute Gasteiger partial charge is 0.345 e. The molecule has 4 heterocycles. The van der Waals surface area contributed by atoms with E-state index in [1.54, 1.807) is 47.1 Å². The second-order valence-corrected chi connectivity index (χ2v) is 14.9. The zero-order valence-electron chi connectivity index (χ0n) is 35.7. The molecule has 58 heavy (non-hydrogen) atoms. The zero-order valence-corrected chi connectivity index (χ0v) is 35.7. The first kappa shape index (κ1) is 49.3. The first-order chi connectivity index (χ1) is 27.8. The van der Waals surface area contributed by atoms with Crippen molar-refractivity contribution in [2.75, 3.05) is 54.9 Å². The Morgan fingerprint density at radius 1 is 0.724 bits per heavy atom. The molecule has 324 valence electrons. The summed E-state index contributed by atoms with van der Waals surface area (Å²) in [6.07, 6.45) is 13.4. The van der Waals surface area contributed by atoms with Crippen molar-refractivity contribution in [2.45, 2.75) is 103 Å². The van der Waals surface area contributed by atoms with Crippen molar-refractivity contribution < 1.29 is 24.3 Å². The molecular weight excluding hydrogens is 741 g/mol. The number of benzene rings is 1. The lowest BCUT2D eigenvalue weighted by Crippen LogP contribution is -2.54. The second kappa shape index (κ2) is 27.0. The molecule has 1 saturated carbocycles. The van der Waals surface area contributed by atoms with E-state index < -0.39 is 5.69 Å². The van der Waals surface area contributed by atoms with Crippen LogP contribution >= 0.6 is 0 Å². The normalized spacial score (nSPS) is 20.9. The Hall–Kier alpha value is -4.80. The van der Waals surface area contributed by atoms with Crippen molar-refractivity contribution in [3.8, 4) is 5.75 Å². The summed E-state index contributed by atoms with van der Waals surface area (Å²) in [5.74, 6) is 1.54. The van der Waals surface area contributed by atoms with Crippen molar-refractivity contribution in [3.05, 3.63) is 69.5 Å². The van der Waals surface area contributed by atoms with E-state index in [0.29, 0.717) is 28.8 Å². The van der Waals surface area contributed by atoms with E-state index in [9.17, 15) is 24.0 Å². The predicted molar refractivity (Wildman–Crippen MR) is 229 cm³/mol. The number of H-pyrrole nitrogens is 1. The van der Waals surface area contributed by atoms with E-state index >= 15 is 0 Å². The fourth-order valence-electron chi connectivity index (χ4n) is 7.27. The molecule has 4 unspecified atom stereocenters. The van der Waals surface area contributed by atoms with Gasteiger partial charge >= 0.3 is 5.69 Å². The molecule has 0 spiro atoms. The van der Waals surface area contributed by atoms with Crippen molar-refractivity contribution in [2.24, 2.45) is 11.8 Å². The predicted octanol–water partition coefficient (Wildman–Crippen LogP) is 2.13. The van der Waals surface area contributed by atoms with Gasteiger partial charge in [0.15, 0.2) is 0 Å². The maximum atomic E-state index is 11.5. The first-order valence-electron chi connectivity index (χ1n) is 20.6. The molecule has 1 aromatic carbocycles. The fraction of sp³-hybridized carbons (Fsp3) is 0.619. The minimum Gasteiger partial charge on any atom is -0.508 e. The average Bonchev–Trinajstić information content (AvgIpc) is 3.26. The lowest BCUT2D eigenvalue weighted by atomic mass is 9.77. The highest BCUT2D eigenvalue weighted by Gasteiger charge is 2.34. The summed E-state index contributed by atoms with van der Waals surface area (Å²) in [6.45, 7) is 10.7. The van der Waals surface area contributed by atoms with Crippen LogP contribution in [0.1, 0.15) is 103 Å². The number of likely N-dealkylation sites (N-methyl/N-ethyl adjacent to an activating group) is 2. The van der Waals surface area contributed by atoms with E-state index in [1.807, 2.05) is 7.05 Å². The highest BCUT2D eigenvalue weighted by molar-refractivity contribution is 5.94. The third-order valence-electron chi connectivity index (χ3n) is 10.8. The maximum Gasteiger partial charge on any atom is 0.345 e. The van der Waals surface area contributed by atoms with Crippen LogP contribution in [0, 0.1) is 25.7 Å². The third kappa shape index (κ3) is 17.4. The largest absolute Gasteiger partial charge is 0.508 e. The van der Waals surface area contributed by atoms with Gasteiger partial charge in [-0.25, -0.2) is 4.79 Å². The number of rotatable bonds is 6. The maximum absolute atomic E-state index is 11.5. The number of carbonyl (C=O) groups excluding carboxylic acids is 4. The number of aromatic amines is 1. The molecule has 16 heteroatoms. The number of phenols is 1. The fourth-order valence-corrected chi connectivity index (χ4v) is 7.27. The van der Waals surface area contributed by atoms with Gasteiger partial charge in [-0.3, -0.25) is 19.2 Å². The minimum atomic E-state index is -0.506. The van der Waals surface area contributed by atoms with Crippen molar-refractivity contribution in [1.29, 1.82) is 0 Å². The molecule has 1 aromatic heterocycles. The molecule has 4 aliphatic rings. The van der Waals surface area contributed by atoms with Gasteiger partial charge in [-0.2, -0.15) is 4.98 Å². The molecule has 2 aromatic rings. The lowest BCUT2D eigenvalue weighted by Gasteiger charge is -2.39. The first-order valence-corrected chi connectivity index (χ1v) is 20.6. The second-order valence-electron chi connectivity index (χ2n) is 14.9. The number of hydrogen-bond donors (Lipinski definition) is 10. The third-order valence-corrected chi connectivity index (χ3v) is 10.8. The molecular formula is C42H70N10O6. The van der Waals surface area contributed by atoms with Crippen LogP contribution in [-0.2, 0) is 9.59 Å². The Morgan fingerprint density at radius 3 is 1.93 bits per heavy atom. The van der Waals surface area contributed by atoms with Gasteiger partial charge < -0.3 is 52.6 Å². The number of amides is 4. The summed E-state index contributed by atoms with van der Waals surface area (Å²) in [5, 5.41) is 32.5. The lowest BCUT2D eigenvalue weighted by molar-refractivity contribution is -0.124. The van der Waals surface area contributed by atoms with E-state index in [0.717, 1.165) is 38.4 Å². The van der Waals surface area contributed by atoms with Crippen LogP contribution in [0.15, 0.2) is 41.3 Å². The SMILES string of the molecule is C=C(NC)C1CCNCC1.CNC(=O)C1CCC2CCCCC2N1.CNC(=O)C1CCCCN1.CNC(=O)c1cc(C)[nH]c(=O)n1.CNC(=O)c1ccc(O)c(C)c1. The average molecular weight is 811 g/mol. The van der Waals surface area contributed by atoms with Gasteiger partial charge in [-0.15, -0.1) is 0 Å². The summed E-state index contributed by atoms with van der Waals surface area (Å²) in [7, 11) is 8.41. The Kier molecular flexibility index (Phi) is 23.0. The van der Waals surface area contributed by atoms with E-state index in [4.69, 9.17) is 5.11 Å². The summed E-state index contributed by atoms with van der Waals surface area (Å²) in [5.41, 5.74) is 2.71. The summed E-state index contributed by atoms with van der Waals surface area (Å²) >= 11 is 0. The quantitative estimate of drug-likeness (QED) is 0.203. The monoisotopic (exact) mass is 811 g/mol. The molecule has 3 aliphatic heterocycles. The topological polar surface area (TPSA) is 230 Å². The number of aryl methyl sites for hydroxylation is 2. The molecule has 16 nitrogen and oxygen atoms in total. The molecule has 10 N–H and O–H groups in total. The number of nitrogens with zero attached hydrogens (tertiary/aromatic N) is 1. The number of phenolic OH excluding ortho intramolecular Hbond substituents is 1. The zero-order chi connectivity index (χ0) is 43.0. The summed E-state index contributed by atoms with van der Waals surface area (Å²) < 4.78 is 0. The van der Waals surface area contributed by atoms with Gasteiger partial charge in [0.25, 0.3) is 11.8 Å². The Balaban J connectivity index is 0.000000252. The number of carbonyl (C=O) groups is 4. The number of hydrogen-bond acceptors (Lipinski definition) is 11. The summed E-state index contributed by atoms with van der Waals surface area (Å²) in [4.78, 5) is 61.2. The van der Waals surface area contributed by atoms with E-state index in [2.05, 4.69) is 59.1 Å². The van der Waals surface area contributed by atoms with Crippen LogP contribution in [-0.4, -0.2) is 112 Å². The van der Waals surface area contributed by atoms with Crippen LogP contribution in [0.3, 0.4) is 0 Å². The molecule has 3 saturated heterocycles. The number of nitrogens with one attached hydrogen (secondary N) is 9. The van der Waals surface area contributed by atoms with Gasteiger partial charge in [0.05, 0.1) is 12.1 Å². The number of allylic oxidation sites excluding steroid dienone is 1. The van der Waals surface area contributed by atoms with Gasteiger partial charge in [0, 0.05) is 64.2 Å². The highest BCUT2D eigenvalue weighted by Crippen LogP contribution is 2.32. The minimum absolute atomic E-state index is 0.0683. The Labute approximate surface area is 344 Å².